The molecule has 0 saturated heterocycles. The summed E-state index contributed by atoms with van der Waals surface area (Å²) in [5.41, 5.74) is -2.54. The van der Waals surface area contributed by atoms with E-state index in [-0.39, 0.29) is 40.1 Å². The summed E-state index contributed by atoms with van der Waals surface area (Å²) in [6.07, 6.45) is 0. The average molecular weight is 680 g/mol. The highest BCUT2D eigenvalue weighted by atomic mass is 16.5. The molecule has 1 aliphatic rings. The van der Waals surface area contributed by atoms with Crippen LogP contribution in [0.15, 0.2) is 42.5 Å². The number of rotatable bonds is 13. The van der Waals surface area contributed by atoms with Gasteiger partial charge in [-0.05, 0) is 45.9 Å². The van der Waals surface area contributed by atoms with E-state index in [0.29, 0.717) is 0 Å². The van der Waals surface area contributed by atoms with Crippen molar-refractivity contribution in [3.05, 3.63) is 70.3 Å². The summed E-state index contributed by atoms with van der Waals surface area (Å²) < 4.78 is 9.89. The summed E-state index contributed by atoms with van der Waals surface area (Å²) >= 11 is 0. The number of ketones is 2. The van der Waals surface area contributed by atoms with Gasteiger partial charge in [-0.1, -0.05) is 24.3 Å². The van der Waals surface area contributed by atoms with Gasteiger partial charge in [0, 0.05) is 29.2 Å². The molecule has 0 bridgehead atoms. The summed E-state index contributed by atoms with van der Waals surface area (Å²) in [4.78, 5) is 112. The van der Waals surface area contributed by atoms with Crippen LogP contribution in [0.5, 0.6) is 0 Å². The van der Waals surface area contributed by atoms with Crippen molar-refractivity contribution in [3.8, 4) is 0 Å². The molecule has 0 aromatic heterocycles. The number of ether oxygens (including phenoxy) is 2. The highest BCUT2D eigenvalue weighted by molar-refractivity contribution is 6.28. The lowest BCUT2D eigenvalue weighted by molar-refractivity contribution is -0.146. The van der Waals surface area contributed by atoms with Gasteiger partial charge in [-0.2, -0.15) is 0 Å². The molecule has 0 spiro atoms. The molecular formula is C33H37N5O11. The van der Waals surface area contributed by atoms with E-state index in [2.05, 4.69) is 31.3 Å². The molecule has 0 aliphatic heterocycles. The van der Waals surface area contributed by atoms with Crippen molar-refractivity contribution in [1.29, 1.82) is 0 Å². The van der Waals surface area contributed by atoms with Crippen LogP contribution in [0.25, 0.3) is 0 Å². The molecule has 0 radical (unpaired) electrons. The summed E-state index contributed by atoms with van der Waals surface area (Å²) in [7, 11) is 1.05. The van der Waals surface area contributed by atoms with Crippen LogP contribution >= 0.6 is 0 Å². The van der Waals surface area contributed by atoms with Gasteiger partial charge in [-0.3, -0.25) is 33.6 Å². The standard InChI is InChI=1S/C33H37N5O11/c1-17(39)34-15-25(41)37-33(4,5)31(47)38-32(2,3)30(46)35-14-24(40)36-23(29(45)48-6)16-49-28(44)18-11-12-21-22(13-18)27(43)20-10-8-7-9-19(20)26(21)42/h7-13,23H,14-16H2,1-6H3,(H,34,39)(H,35,46)(H,36,40)(H,37,41)(H,38,47)/t23-/m0/s1. The van der Waals surface area contributed by atoms with Crippen LogP contribution in [0.2, 0.25) is 0 Å². The summed E-state index contributed by atoms with van der Waals surface area (Å²) in [5, 5.41) is 11.8. The molecule has 1 atom stereocenters. The predicted molar refractivity (Wildman–Crippen MR) is 170 cm³/mol. The van der Waals surface area contributed by atoms with Gasteiger partial charge in [-0.25, -0.2) is 9.59 Å². The van der Waals surface area contributed by atoms with Gasteiger partial charge in [-0.15, -0.1) is 0 Å². The van der Waals surface area contributed by atoms with Gasteiger partial charge in [0.2, 0.25) is 29.5 Å². The zero-order chi connectivity index (χ0) is 36.7. The Hall–Kier alpha value is -5.93. The molecule has 1 aliphatic carbocycles. The zero-order valence-electron chi connectivity index (χ0n) is 27.7. The van der Waals surface area contributed by atoms with Crippen molar-refractivity contribution in [2.24, 2.45) is 0 Å². The molecule has 0 saturated carbocycles. The Bertz CT molecular complexity index is 1730. The lowest BCUT2D eigenvalue weighted by Crippen LogP contribution is -2.63. The molecule has 0 fully saturated rings. The SMILES string of the molecule is COC(=O)[C@H](COC(=O)c1ccc2c(c1)C(=O)c1ccccc1C2=O)NC(=O)CNC(=O)C(C)(C)NC(=O)C(C)(C)NC(=O)CNC(C)=O. The van der Waals surface area contributed by atoms with Crippen LogP contribution in [-0.2, 0) is 38.2 Å². The number of nitrogens with one attached hydrogen (secondary N) is 5. The van der Waals surface area contributed by atoms with Crippen molar-refractivity contribution in [1.82, 2.24) is 26.6 Å². The number of carbonyl (C=O) groups is 9. The normalized spacial score (nSPS) is 12.7. The first-order chi connectivity index (χ1) is 22.9. The number of hydrogen-bond donors (Lipinski definition) is 5. The Morgan fingerprint density at radius 1 is 0.714 bits per heavy atom. The Kier molecular flexibility index (Phi) is 11.7. The lowest BCUT2D eigenvalue weighted by Gasteiger charge is -2.31. The fraction of sp³-hybridized carbons (Fsp3) is 0.364. The van der Waals surface area contributed by atoms with E-state index in [9.17, 15) is 43.2 Å². The molecule has 16 nitrogen and oxygen atoms in total. The molecule has 3 rings (SSSR count). The van der Waals surface area contributed by atoms with E-state index >= 15 is 0 Å². The Morgan fingerprint density at radius 3 is 1.86 bits per heavy atom. The molecule has 49 heavy (non-hydrogen) atoms. The zero-order valence-corrected chi connectivity index (χ0v) is 27.7. The number of amides is 5. The Labute approximate surface area is 281 Å². The summed E-state index contributed by atoms with van der Waals surface area (Å²) in [6, 6.07) is 8.66. The molecule has 5 N–H and O–H groups in total. The molecule has 2 aromatic carbocycles. The van der Waals surface area contributed by atoms with E-state index < -0.39 is 77.5 Å². The van der Waals surface area contributed by atoms with Crippen LogP contribution in [-0.4, -0.2) is 97.0 Å². The molecule has 2 aromatic rings. The first kappa shape index (κ1) is 37.5. The van der Waals surface area contributed by atoms with E-state index in [1.165, 1.54) is 65.0 Å². The highest BCUT2D eigenvalue weighted by Crippen LogP contribution is 2.28. The van der Waals surface area contributed by atoms with Crippen LogP contribution in [0.4, 0.5) is 0 Å². The third-order valence-electron chi connectivity index (χ3n) is 7.28. The topological polar surface area (TPSA) is 232 Å². The van der Waals surface area contributed by atoms with Crippen LogP contribution < -0.4 is 26.6 Å². The van der Waals surface area contributed by atoms with E-state index in [4.69, 9.17) is 4.74 Å². The van der Waals surface area contributed by atoms with Crippen molar-refractivity contribution in [2.45, 2.75) is 51.7 Å². The molecule has 16 heteroatoms. The monoisotopic (exact) mass is 679 g/mol. The first-order valence-electron chi connectivity index (χ1n) is 14.9. The molecule has 0 unspecified atom stereocenters. The van der Waals surface area contributed by atoms with E-state index in [1.54, 1.807) is 12.1 Å². The Balaban J connectivity index is 1.57. The maximum absolute atomic E-state index is 13.0. The number of fused-ring (bicyclic) bond motifs is 2. The minimum absolute atomic E-state index is 0.0149. The van der Waals surface area contributed by atoms with E-state index in [0.717, 1.165) is 7.11 Å². The molecule has 0 heterocycles. The van der Waals surface area contributed by atoms with Gasteiger partial charge in [0.05, 0.1) is 25.8 Å². The lowest BCUT2D eigenvalue weighted by atomic mass is 9.83. The number of benzene rings is 2. The van der Waals surface area contributed by atoms with Crippen molar-refractivity contribution in [3.63, 3.8) is 0 Å². The highest BCUT2D eigenvalue weighted by Gasteiger charge is 2.37. The number of hydrogen-bond acceptors (Lipinski definition) is 11. The van der Waals surface area contributed by atoms with Crippen molar-refractivity contribution >= 4 is 53.0 Å². The van der Waals surface area contributed by atoms with Gasteiger partial charge in [0.25, 0.3) is 0 Å². The molecule has 260 valence electrons. The van der Waals surface area contributed by atoms with Crippen molar-refractivity contribution in [2.75, 3.05) is 26.8 Å². The maximum atomic E-state index is 13.0. The predicted octanol–water partition coefficient (Wildman–Crippen LogP) is -0.681. The summed E-state index contributed by atoms with van der Waals surface area (Å²) in [6.45, 7) is 5.02. The second-order valence-electron chi connectivity index (χ2n) is 12.1. The second kappa shape index (κ2) is 15.3. The Morgan fingerprint density at radius 2 is 1.27 bits per heavy atom. The molecular weight excluding hydrogens is 642 g/mol. The smallest absolute Gasteiger partial charge is 0.338 e. The van der Waals surface area contributed by atoms with Crippen LogP contribution in [0.3, 0.4) is 0 Å². The summed E-state index contributed by atoms with van der Waals surface area (Å²) in [5.74, 6) is -6.21. The fourth-order valence-corrected chi connectivity index (χ4v) is 4.56. The number of methoxy groups -OCH3 is 1. The third kappa shape index (κ3) is 9.33. The average Bonchev–Trinajstić information content (AvgIpc) is 3.05. The minimum Gasteiger partial charge on any atom is -0.467 e. The van der Waals surface area contributed by atoms with Gasteiger partial charge in [0.1, 0.15) is 17.7 Å². The first-order valence-corrected chi connectivity index (χ1v) is 14.9. The van der Waals surface area contributed by atoms with E-state index in [1.807, 2.05) is 0 Å². The quantitative estimate of drug-likeness (QED) is 0.142. The maximum Gasteiger partial charge on any atom is 0.338 e. The van der Waals surface area contributed by atoms with Crippen molar-refractivity contribution < 1.29 is 52.6 Å². The van der Waals surface area contributed by atoms with Gasteiger partial charge < -0.3 is 36.1 Å². The number of esters is 2. The number of carbonyl (C=O) groups excluding carboxylic acids is 9. The van der Waals surface area contributed by atoms with Gasteiger partial charge in [0.15, 0.2) is 17.6 Å². The second-order valence-corrected chi connectivity index (χ2v) is 12.1. The fourth-order valence-electron chi connectivity index (χ4n) is 4.56. The van der Waals surface area contributed by atoms with Gasteiger partial charge >= 0.3 is 11.9 Å². The third-order valence-corrected chi connectivity index (χ3v) is 7.28. The van der Waals surface area contributed by atoms with Crippen LogP contribution in [0.1, 0.15) is 76.8 Å². The minimum atomic E-state index is -1.57. The molecule has 5 amide bonds. The largest absolute Gasteiger partial charge is 0.467 e. The van der Waals surface area contributed by atoms with Crippen LogP contribution in [0, 0.1) is 0 Å².